The molecule has 0 atom stereocenters. The zero-order valence-electron chi connectivity index (χ0n) is 16.1. The molecule has 0 aliphatic carbocycles. The molecule has 1 N–H and O–H groups in total. The number of aromatic nitrogens is 3. The molecule has 5 nitrogen and oxygen atoms in total. The number of benzene rings is 2. The van der Waals surface area contributed by atoms with E-state index >= 15 is 0 Å². The lowest BCUT2D eigenvalue weighted by Gasteiger charge is -2.10. The number of hydrogen-bond acceptors (Lipinski definition) is 5. The highest BCUT2D eigenvalue weighted by molar-refractivity contribution is 7.06. The van der Waals surface area contributed by atoms with Crippen LogP contribution in [-0.4, -0.2) is 20.2 Å². The predicted molar refractivity (Wildman–Crippen MR) is 113 cm³/mol. The maximum atomic E-state index is 13.3. The minimum Gasteiger partial charge on any atom is -0.322 e. The SMILES string of the molecule is CCc1ccccc1NC(=O)c1c(C)nsc1Cc1cnc2cc(F)ccc2n1. The first kappa shape index (κ1) is 19.1. The maximum absolute atomic E-state index is 13.3. The minimum absolute atomic E-state index is 0.178. The topological polar surface area (TPSA) is 67.8 Å². The summed E-state index contributed by atoms with van der Waals surface area (Å²) in [5, 5.41) is 3.02. The molecule has 0 saturated heterocycles. The molecule has 2 aromatic heterocycles. The van der Waals surface area contributed by atoms with Crippen LogP contribution in [0.5, 0.6) is 0 Å². The summed E-state index contributed by atoms with van der Waals surface area (Å²) in [6.07, 6.45) is 2.88. The second-order valence-corrected chi connectivity index (χ2v) is 7.56. The molecule has 146 valence electrons. The fourth-order valence-corrected chi connectivity index (χ4v) is 4.12. The number of nitrogens with one attached hydrogen (secondary N) is 1. The molecule has 29 heavy (non-hydrogen) atoms. The van der Waals surface area contributed by atoms with Crippen molar-refractivity contribution in [2.75, 3.05) is 5.32 Å². The van der Waals surface area contributed by atoms with Gasteiger partial charge in [-0.15, -0.1) is 0 Å². The number of hydrogen-bond donors (Lipinski definition) is 1. The van der Waals surface area contributed by atoms with E-state index in [-0.39, 0.29) is 11.7 Å². The number of amides is 1. The number of aryl methyl sites for hydroxylation is 2. The summed E-state index contributed by atoms with van der Waals surface area (Å²) < 4.78 is 17.7. The number of carbonyl (C=O) groups is 1. The molecule has 4 aromatic rings. The van der Waals surface area contributed by atoms with E-state index in [1.807, 2.05) is 31.2 Å². The smallest absolute Gasteiger partial charge is 0.258 e. The third-order valence-electron chi connectivity index (χ3n) is 4.70. The summed E-state index contributed by atoms with van der Waals surface area (Å²) >= 11 is 1.29. The molecule has 0 spiro atoms. The second-order valence-electron chi connectivity index (χ2n) is 6.70. The van der Waals surface area contributed by atoms with Crippen molar-refractivity contribution in [1.82, 2.24) is 14.3 Å². The van der Waals surface area contributed by atoms with Gasteiger partial charge in [-0.25, -0.2) is 9.37 Å². The van der Waals surface area contributed by atoms with Crippen molar-refractivity contribution >= 4 is 34.2 Å². The zero-order valence-corrected chi connectivity index (χ0v) is 16.9. The second kappa shape index (κ2) is 8.05. The van der Waals surface area contributed by atoms with Gasteiger partial charge in [-0.05, 0) is 48.6 Å². The summed E-state index contributed by atoms with van der Waals surface area (Å²) in [6, 6.07) is 12.1. The maximum Gasteiger partial charge on any atom is 0.258 e. The molecule has 0 saturated carbocycles. The van der Waals surface area contributed by atoms with E-state index in [2.05, 4.69) is 26.6 Å². The summed E-state index contributed by atoms with van der Waals surface area (Å²) in [5.74, 6) is -0.521. The molecule has 0 radical (unpaired) electrons. The van der Waals surface area contributed by atoms with E-state index in [0.29, 0.717) is 34.4 Å². The van der Waals surface area contributed by atoms with Crippen molar-refractivity contribution in [2.24, 2.45) is 0 Å². The molecule has 2 heterocycles. The largest absolute Gasteiger partial charge is 0.322 e. The van der Waals surface area contributed by atoms with E-state index in [1.54, 1.807) is 12.3 Å². The first-order valence-electron chi connectivity index (χ1n) is 9.30. The van der Waals surface area contributed by atoms with Crippen molar-refractivity contribution in [1.29, 1.82) is 0 Å². The molecule has 0 aliphatic rings. The Labute approximate surface area is 171 Å². The number of rotatable bonds is 5. The third-order valence-corrected chi connectivity index (χ3v) is 5.64. The summed E-state index contributed by atoms with van der Waals surface area (Å²) in [5.41, 5.74) is 4.97. The minimum atomic E-state index is -0.344. The van der Waals surface area contributed by atoms with Crippen LogP contribution in [0.2, 0.25) is 0 Å². The van der Waals surface area contributed by atoms with Crippen molar-refractivity contribution in [2.45, 2.75) is 26.7 Å². The predicted octanol–water partition coefficient (Wildman–Crippen LogP) is 4.94. The van der Waals surface area contributed by atoms with Gasteiger partial charge < -0.3 is 5.32 Å². The first-order chi connectivity index (χ1) is 14.0. The molecule has 0 aliphatic heterocycles. The third kappa shape index (κ3) is 4.00. The van der Waals surface area contributed by atoms with Gasteiger partial charge in [0.25, 0.3) is 5.91 Å². The molecule has 4 rings (SSSR count). The van der Waals surface area contributed by atoms with Crippen molar-refractivity contribution in [3.05, 3.63) is 81.9 Å². The van der Waals surface area contributed by atoms with Gasteiger partial charge in [0, 0.05) is 29.2 Å². The Bertz CT molecular complexity index is 1200. The molecule has 7 heteroatoms. The first-order valence-corrected chi connectivity index (χ1v) is 10.1. The quantitative estimate of drug-likeness (QED) is 0.510. The van der Waals surface area contributed by atoms with Gasteiger partial charge in [-0.2, -0.15) is 4.37 Å². The van der Waals surface area contributed by atoms with Crippen LogP contribution in [0.3, 0.4) is 0 Å². The fraction of sp³-hybridized carbons (Fsp3) is 0.182. The Balaban J connectivity index is 1.62. The molecule has 1 amide bonds. The standard InChI is InChI=1S/C22H19FN4OS/c1-3-14-6-4-5-7-17(14)26-22(28)21-13(2)27-29-20(21)11-16-12-24-19-10-15(23)8-9-18(19)25-16/h4-10,12H,3,11H2,1-2H3,(H,26,28). The van der Waals surface area contributed by atoms with Gasteiger partial charge in [0.1, 0.15) is 5.82 Å². The van der Waals surface area contributed by atoms with Gasteiger partial charge in [0.15, 0.2) is 0 Å². The van der Waals surface area contributed by atoms with Crippen LogP contribution < -0.4 is 5.32 Å². The van der Waals surface area contributed by atoms with E-state index < -0.39 is 0 Å². The lowest BCUT2D eigenvalue weighted by Crippen LogP contribution is -2.15. The van der Waals surface area contributed by atoms with Crippen LogP contribution in [0.4, 0.5) is 10.1 Å². The molecular weight excluding hydrogens is 387 g/mol. The van der Waals surface area contributed by atoms with Gasteiger partial charge in [-0.3, -0.25) is 9.78 Å². The lowest BCUT2D eigenvalue weighted by atomic mass is 10.1. The van der Waals surface area contributed by atoms with Crippen LogP contribution >= 0.6 is 11.5 Å². The Hall–Kier alpha value is -3.19. The molecule has 0 bridgehead atoms. The van der Waals surface area contributed by atoms with Crippen LogP contribution in [0, 0.1) is 12.7 Å². The Kier molecular flexibility index (Phi) is 5.31. The molecule has 0 unspecified atom stereocenters. The van der Waals surface area contributed by atoms with Crippen molar-refractivity contribution in [3.8, 4) is 0 Å². The average molecular weight is 406 g/mol. The number of anilines is 1. The monoisotopic (exact) mass is 406 g/mol. The molecular formula is C22H19FN4OS. The van der Waals surface area contributed by atoms with E-state index in [1.165, 1.54) is 23.7 Å². The molecule has 2 aromatic carbocycles. The van der Waals surface area contributed by atoms with E-state index in [9.17, 15) is 9.18 Å². The average Bonchev–Trinajstić information content (AvgIpc) is 3.08. The number of nitrogens with zero attached hydrogens (tertiary/aromatic N) is 3. The normalized spacial score (nSPS) is 11.0. The highest BCUT2D eigenvalue weighted by Gasteiger charge is 2.20. The van der Waals surface area contributed by atoms with Crippen molar-refractivity contribution < 1.29 is 9.18 Å². The number of fused-ring (bicyclic) bond motifs is 1. The van der Waals surface area contributed by atoms with Gasteiger partial charge in [0.05, 0.1) is 28.0 Å². The molecule has 0 fully saturated rings. The van der Waals surface area contributed by atoms with Gasteiger partial charge in [-0.1, -0.05) is 25.1 Å². The summed E-state index contributed by atoms with van der Waals surface area (Å²) in [6.45, 7) is 3.88. The fourth-order valence-electron chi connectivity index (χ4n) is 3.24. The van der Waals surface area contributed by atoms with Crippen LogP contribution in [0.25, 0.3) is 11.0 Å². The highest BCUT2D eigenvalue weighted by atomic mass is 32.1. The van der Waals surface area contributed by atoms with Crippen LogP contribution in [-0.2, 0) is 12.8 Å². The Morgan fingerprint density at radius 1 is 1.17 bits per heavy atom. The van der Waals surface area contributed by atoms with Gasteiger partial charge >= 0.3 is 0 Å². The summed E-state index contributed by atoms with van der Waals surface area (Å²) in [4.78, 5) is 22.7. The van der Waals surface area contributed by atoms with Crippen LogP contribution in [0.15, 0.2) is 48.7 Å². The summed E-state index contributed by atoms with van der Waals surface area (Å²) in [7, 11) is 0. The Morgan fingerprint density at radius 3 is 2.83 bits per heavy atom. The van der Waals surface area contributed by atoms with Crippen LogP contribution in [0.1, 0.15) is 39.1 Å². The zero-order chi connectivity index (χ0) is 20.4. The lowest BCUT2D eigenvalue weighted by molar-refractivity contribution is 0.102. The van der Waals surface area contributed by atoms with E-state index in [0.717, 1.165) is 22.5 Å². The number of carbonyl (C=O) groups excluding carboxylic acids is 1. The Morgan fingerprint density at radius 2 is 2.00 bits per heavy atom. The highest BCUT2D eigenvalue weighted by Crippen LogP contribution is 2.24. The number of halogens is 1. The van der Waals surface area contributed by atoms with Gasteiger partial charge in [0.2, 0.25) is 0 Å². The van der Waals surface area contributed by atoms with E-state index in [4.69, 9.17) is 0 Å². The number of para-hydroxylation sites is 1. The van der Waals surface area contributed by atoms with Crippen molar-refractivity contribution in [3.63, 3.8) is 0 Å².